The Bertz CT molecular complexity index is 856. The topological polar surface area (TPSA) is 160 Å². The van der Waals surface area contributed by atoms with Crippen LogP contribution in [0.25, 0.3) is 0 Å². The van der Waals surface area contributed by atoms with Gasteiger partial charge >= 0.3 is 0 Å². The number of phenols is 2. The van der Waals surface area contributed by atoms with Gasteiger partial charge < -0.3 is 45.2 Å². The zero-order valence-electron chi connectivity index (χ0n) is 18.8. The second-order valence-corrected chi connectivity index (χ2v) is 8.76. The summed E-state index contributed by atoms with van der Waals surface area (Å²) in [5, 5.41) is 69.4. The molecular formula is C25H34O9. The molecule has 2 aromatic rings. The van der Waals surface area contributed by atoms with Crippen LogP contribution in [-0.4, -0.2) is 85.3 Å². The molecular weight excluding hydrogens is 444 g/mol. The lowest BCUT2D eigenvalue weighted by atomic mass is 9.97. The fourth-order valence-electron chi connectivity index (χ4n) is 4.02. The number of hydrogen-bond acceptors (Lipinski definition) is 9. The van der Waals surface area contributed by atoms with Crippen molar-refractivity contribution < 1.29 is 45.2 Å². The molecule has 7 N–H and O–H groups in total. The van der Waals surface area contributed by atoms with Gasteiger partial charge in [-0.25, -0.2) is 0 Å². The Morgan fingerprint density at radius 2 is 1.29 bits per heavy atom. The summed E-state index contributed by atoms with van der Waals surface area (Å²) in [5.41, 5.74) is 1.91. The molecule has 0 amide bonds. The monoisotopic (exact) mass is 478 g/mol. The molecule has 0 spiro atoms. The zero-order valence-corrected chi connectivity index (χ0v) is 18.8. The van der Waals surface area contributed by atoms with Crippen LogP contribution in [0.1, 0.15) is 30.4 Å². The number of aliphatic hydroxyl groups excluding tert-OH is 5. The molecule has 9 heteroatoms. The third-order valence-corrected chi connectivity index (χ3v) is 6.10. The van der Waals surface area contributed by atoms with E-state index in [1.165, 1.54) is 0 Å². The maximum atomic E-state index is 10.7. The first kappa shape index (κ1) is 26.4. The van der Waals surface area contributed by atoms with Gasteiger partial charge in [0, 0.05) is 0 Å². The van der Waals surface area contributed by atoms with E-state index in [4.69, 9.17) is 9.47 Å². The Hall–Kier alpha value is -2.24. The molecule has 7 atom stereocenters. The van der Waals surface area contributed by atoms with Gasteiger partial charge in [-0.1, -0.05) is 24.3 Å². The summed E-state index contributed by atoms with van der Waals surface area (Å²) in [6.07, 6.45) is -5.94. The van der Waals surface area contributed by atoms with Crippen molar-refractivity contribution in [1.29, 1.82) is 0 Å². The van der Waals surface area contributed by atoms with Crippen molar-refractivity contribution in [1.82, 2.24) is 0 Å². The predicted octanol–water partition coefficient (Wildman–Crippen LogP) is 0.599. The first-order valence-electron chi connectivity index (χ1n) is 11.5. The molecule has 0 aromatic heterocycles. The fraction of sp³-hybridized carbons (Fsp3) is 0.520. The highest BCUT2D eigenvalue weighted by molar-refractivity contribution is 5.26. The highest BCUT2D eigenvalue weighted by atomic mass is 16.7. The fourth-order valence-corrected chi connectivity index (χ4v) is 4.02. The molecule has 0 unspecified atom stereocenters. The summed E-state index contributed by atoms with van der Waals surface area (Å²) in [7, 11) is 0. The summed E-state index contributed by atoms with van der Waals surface area (Å²) in [4.78, 5) is 0. The third-order valence-electron chi connectivity index (χ3n) is 6.10. The average molecular weight is 479 g/mol. The van der Waals surface area contributed by atoms with Gasteiger partial charge in [0.2, 0.25) is 0 Å². The third kappa shape index (κ3) is 7.38. The molecule has 34 heavy (non-hydrogen) atoms. The molecule has 1 aliphatic heterocycles. The lowest BCUT2D eigenvalue weighted by Gasteiger charge is -2.41. The summed E-state index contributed by atoms with van der Waals surface area (Å²) in [6.45, 7) is -0.557. The quantitative estimate of drug-likeness (QED) is 0.245. The molecule has 0 bridgehead atoms. The van der Waals surface area contributed by atoms with Crippen LogP contribution in [0.5, 0.6) is 11.5 Å². The number of phenolic OH excluding ortho intramolecular Hbond substituents is 2. The molecule has 1 saturated heterocycles. The lowest BCUT2D eigenvalue weighted by molar-refractivity contribution is -0.313. The van der Waals surface area contributed by atoms with E-state index in [2.05, 4.69) is 0 Å². The van der Waals surface area contributed by atoms with Crippen LogP contribution < -0.4 is 0 Å². The first-order valence-corrected chi connectivity index (χ1v) is 11.5. The Balaban J connectivity index is 1.64. The summed E-state index contributed by atoms with van der Waals surface area (Å²) >= 11 is 0. The van der Waals surface area contributed by atoms with Crippen molar-refractivity contribution in [2.75, 3.05) is 6.61 Å². The normalized spacial score (nSPS) is 26.8. The van der Waals surface area contributed by atoms with E-state index >= 15 is 0 Å². The van der Waals surface area contributed by atoms with Gasteiger partial charge in [-0.3, -0.25) is 0 Å². The molecule has 3 rings (SSSR count). The second-order valence-electron chi connectivity index (χ2n) is 8.76. The predicted molar refractivity (Wildman–Crippen MR) is 122 cm³/mol. The maximum Gasteiger partial charge on any atom is 0.186 e. The van der Waals surface area contributed by atoms with Crippen molar-refractivity contribution >= 4 is 0 Å². The van der Waals surface area contributed by atoms with Crippen molar-refractivity contribution in [2.45, 2.75) is 75.0 Å². The smallest absolute Gasteiger partial charge is 0.186 e. The van der Waals surface area contributed by atoms with E-state index in [9.17, 15) is 35.7 Å². The second kappa shape index (κ2) is 12.5. The molecule has 2 aromatic carbocycles. The summed E-state index contributed by atoms with van der Waals surface area (Å²) in [5.74, 6) is 0.328. The highest BCUT2D eigenvalue weighted by Crippen LogP contribution is 2.26. The van der Waals surface area contributed by atoms with Crippen molar-refractivity contribution in [2.24, 2.45) is 0 Å². The number of rotatable bonds is 11. The van der Waals surface area contributed by atoms with Crippen molar-refractivity contribution in [3.05, 3.63) is 59.7 Å². The van der Waals surface area contributed by atoms with Crippen LogP contribution in [0.3, 0.4) is 0 Å². The number of aliphatic hydroxyl groups is 5. The lowest BCUT2D eigenvalue weighted by Crippen LogP contribution is -2.59. The number of benzene rings is 2. The molecule has 0 radical (unpaired) electrons. The Labute approximate surface area is 198 Å². The Kier molecular flexibility index (Phi) is 9.66. The highest BCUT2D eigenvalue weighted by Gasteiger charge is 2.44. The average Bonchev–Trinajstić information content (AvgIpc) is 2.83. The number of aryl methyl sites for hydroxylation is 2. The van der Waals surface area contributed by atoms with Crippen LogP contribution in [0.15, 0.2) is 48.5 Å². The van der Waals surface area contributed by atoms with E-state index in [-0.39, 0.29) is 17.9 Å². The van der Waals surface area contributed by atoms with Gasteiger partial charge in [0.25, 0.3) is 0 Å². The van der Waals surface area contributed by atoms with E-state index < -0.39 is 49.5 Å². The summed E-state index contributed by atoms with van der Waals surface area (Å²) < 4.78 is 11.4. The number of hydrogen-bond donors (Lipinski definition) is 7. The van der Waals surface area contributed by atoms with Gasteiger partial charge in [0.05, 0.1) is 18.8 Å². The Morgan fingerprint density at radius 1 is 0.765 bits per heavy atom. The number of ether oxygens (including phenoxy) is 2. The van der Waals surface area contributed by atoms with Gasteiger partial charge in [0.1, 0.15) is 35.9 Å². The van der Waals surface area contributed by atoms with Crippen LogP contribution in [0.2, 0.25) is 0 Å². The zero-order chi connectivity index (χ0) is 24.7. The van der Waals surface area contributed by atoms with Gasteiger partial charge in [0.15, 0.2) is 6.29 Å². The first-order chi connectivity index (χ1) is 16.3. The van der Waals surface area contributed by atoms with Gasteiger partial charge in [-0.15, -0.1) is 0 Å². The molecule has 0 aliphatic carbocycles. The van der Waals surface area contributed by atoms with E-state index in [0.29, 0.717) is 25.7 Å². The van der Waals surface area contributed by atoms with Crippen LogP contribution in [0, 0.1) is 0 Å². The minimum absolute atomic E-state index is 0.155. The number of aromatic hydroxyl groups is 2. The summed E-state index contributed by atoms with van der Waals surface area (Å²) in [6, 6.07) is 13.5. The van der Waals surface area contributed by atoms with Crippen molar-refractivity contribution in [3.63, 3.8) is 0 Å². The van der Waals surface area contributed by atoms with Gasteiger partial charge in [-0.05, 0) is 67.5 Å². The van der Waals surface area contributed by atoms with Gasteiger partial charge in [-0.2, -0.15) is 0 Å². The minimum atomic E-state index is -1.55. The van der Waals surface area contributed by atoms with E-state index in [1.54, 1.807) is 48.5 Å². The molecule has 0 saturated carbocycles. The molecule has 1 heterocycles. The van der Waals surface area contributed by atoms with E-state index in [1.807, 2.05) is 0 Å². The van der Waals surface area contributed by atoms with Crippen LogP contribution in [-0.2, 0) is 22.3 Å². The SMILES string of the molecule is OC[C@H]1O[C@@H](O[C@@H](CCc2ccc(O)cc2)C[C@H](O)CCc2ccc(O)cc2)[C@H](O)[C@@H](O)[C@@H]1O. The largest absolute Gasteiger partial charge is 0.508 e. The molecule has 1 fully saturated rings. The van der Waals surface area contributed by atoms with Crippen LogP contribution in [0.4, 0.5) is 0 Å². The minimum Gasteiger partial charge on any atom is -0.508 e. The Morgan fingerprint density at radius 3 is 1.82 bits per heavy atom. The maximum absolute atomic E-state index is 10.7. The molecule has 188 valence electrons. The van der Waals surface area contributed by atoms with Crippen molar-refractivity contribution in [3.8, 4) is 11.5 Å². The van der Waals surface area contributed by atoms with Crippen LogP contribution >= 0.6 is 0 Å². The molecule has 9 nitrogen and oxygen atoms in total. The standard InChI is InChI=1S/C25H34O9/c26-14-21-22(30)23(31)24(32)25(34-21)33-20(12-6-16-3-9-18(28)10-4-16)13-19(29)11-5-15-1-7-17(27)8-2-15/h1-4,7-10,19-32H,5-6,11-14H2/t19-,20+,21-,22-,23+,24-,25-/m1/s1. The molecule has 1 aliphatic rings. The van der Waals surface area contributed by atoms with E-state index in [0.717, 1.165) is 11.1 Å².